The van der Waals surface area contributed by atoms with E-state index in [4.69, 9.17) is 15.6 Å². The van der Waals surface area contributed by atoms with Crippen molar-refractivity contribution in [2.75, 3.05) is 32.5 Å². The number of nitrogens with one attached hydrogen (secondary N) is 1. The van der Waals surface area contributed by atoms with Crippen LogP contribution in [0.2, 0.25) is 0 Å². The molecule has 1 aliphatic rings. The number of hydrogen-bond acceptors (Lipinski definition) is 6. The smallest absolute Gasteiger partial charge is 0.378 e. The topological polar surface area (TPSA) is 105 Å². The number of pyridine rings is 1. The molecule has 170 valence electrons. The Morgan fingerprint density at radius 2 is 1.88 bits per heavy atom. The average molecular weight is 447 g/mol. The Morgan fingerprint density at radius 1 is 1.15 bits per heavy atom. The van der Waals surface area contributed by atoms with Crippen molar-refractivity contribution < 1.29 is 9.72 Å². The number of hydrogen-bond donors (Lipinski definition) is 1. The molecule has 0 amide bonds. The second kappa shape index (κ2) is 8.42. The first kappa shape index (κ1) is 21.3. The molecular formula is C24H28N7O2+. The van der Waals surface area contributed by atoms with Crippen LogP contribution in [0.4, 0.5) is 5.95 Å². The number of nitrogen functional groups attached to an aromatic ring is 1. The van der Waals surface area contributed by atoms with Gasteiger partial charge in [0.25, 0.3) is 0 Å². The van der Waals surface area contributed by atoms with Crippen LogP contribution in [0, 0.1) is 13.8 Å². The molecule has 9 heteroatoms. The summed E-state index contributed by atoms with van der Waals surface area (Å²) in [5, 5.41) is 4.79. The molecule has 3 aromatic heterocycles. The molecule has 33 heavy (non-hydrogen) atoms. The molecule has 4 heterocycles. The van der Waals surface area contributed by atoms with E-state index in [1.54, 1.807) is 0 Å². The van der Waals surface area contributed by atoms with Crippen LogP contribution in [0.15, 0.2) is 47.3 Å². The Morgan fingerprint density at radius 3 is 2.58 bits per heavy atom. The Labute approximate surface area is 191 Å². The highest BCUT2D eigenvalue weighted by Gasteiger charge is 2.28. The predicted octanol–water partition coefficient (Wildman–Crippen LogP) is 1.57. The largest absolute Gasteiger partial charge is 0.411 e. The first-order valence-corrected chi connectivity index (χ1v) is 11.1. The summed E-state index contributed by atoms with van der Waals surface area (Å²) in [6.45, 7) is 6.41. The molecule has 4 aromatic rings. The number of aromatic amines is 1. The highest BCUT2D eigenvalue weighted by Crippen LogP contribution is 2.32. The average Bonchev–Trinajstić information content (AvgIpc) is 3.11. The fourth-order valence-corrected chi connectivity index (χ4v) is 4.47. The third-order valence-electron chi connectivity index (χ3n) is 6.15. The Balaban J connectivity index is 1.77. The van der Waals surface area contributed by atoms with Gasteiger partial charge in [-0.2, -0.15) is 4.68 Å². The van der Waals surface area contributed by atoms with Gasteiger partial charge in [-0.25, -0.2) is 9.78 Å². The van der Waals surface area contributed by atoms with E-state index >= 15 is 0 Å². The Hall–Kier alpha value is -3.56. The van der Waals surface area contributed by atoms with E-state index in [1.165, 1.54) is 9.08 Å². The van der Waals surface area contributed by atoms with Crippen LogP contribution in [-0.2, 0) is 11.3 Å². The van der Waals surface area contributed by atoms with Crippen molar-refractivity contribution >= 4 is 11.6 Å². The number of aromatic nitrogens is 5. The maximum absolute atomic E-state index is 13.4. The first-order valence-electron chi connectivity index (χ1n) is 11.1. The molecule has 0 aliphatic carbocycles. The number of ether oxygens (including phenoxy) is 1. The SMILES string of the molecule is Cc1cc(-c2c(-c3ccccc3)[nH+]c(N)n3c(=O)n(C[C@H]4COCCN4C)nc23)cc(C)n1. The maximum atomic E-state index is 13.4. The summed E-state index contributed by atoms with van der Waals surface area (Å²) < 4.78 is 8.58. The number of aryl methyl sites for hydroxylation is 2. The minimum Gasteiger partial charge on any atom is -0.378 e. The van der Waals surface area contributed by atoms with Gasteiger partial charge in [0, 0.05) is 23.5 Å². The van der Waals surface area contributed by atoms with Gasteiger partial charge in [-0.15, -0.1) is 9.50 Å². The molecule has 3 N–H and O–H groups in total. The van der Waals surface area contributed by atoms with Gasteiger partial charge < -0.3 is 4.74 Å². The minimum absolute atomic E-state index is 0.0639. The second-order valence-electron chi connectivity index (χ2n) is 8.60. The molecule has 5 rings (SSSR count). The molecule has 0 saturated carbocycles. The molecule has 1 aromatic carbocycles. The molecule has 0 bridgehead atoms. The highest BCUT2D eigenvalue weighted by atomic mass is 16.5. The van der Waals surface area contributed by atoms with Crippen LogP contribution in [-0.4, -0.2) is 56.9 Å². The summed E-state index contributed by atoms with van der Waals surface area (Å²) in [7, 11) is 2.04. The van der Waals surface area contributed by atoms with E-state index in [2.05, 4.69) is 14.9 Å². The van der Waals surface area contributed by atoms with Crippen LogP contribution < -0.4 is 16.4 Å². The summed E-state index contributed by atoms with van der Waals surface area (Å²) in [6, 6.07) is 14.0. The lowest BCUT2D eigenvalue weighted by Crippen LogP contribution is -2.46. The minimum atomic E-state index is -0.277. The number of nitrogens with two attached hydrogens (primary N) is 1. The Bertz CT molecular complexity index is 1360. The maximum Gasteiger partial charge on any atom is 0.411 e. The van der Waals surface area contributed by atoms with Gasteiger partial charge >= 0.3 is 11.6 Å². The molecule has 1 atom stereocenters. The molecule has 0 radical (unpaired) electrons. The zero-order valence-electron chi connectivity index (χ0n) is 19.1. The lowest BCUT2D eigenvalue weighted by Gasteiger charge is -2.31. The monoisotopic (exact) mass is 446 g/mol. The van der Waals surface area contributed by atoms with E-state index in [9.17, 15) is 4.79 Å². The van der Waals surface area contributed by atoms with E-state index in [0.29, 0.717) is 25.4 Å². The van der Waals surface area contributed by atoms with Gasteiger partial charge in [-0.05, 0) is 38.6 Å². The zero-order valence-corrected chi connectivity index (χ0v) is 19.1. The number of likely N-dealkylation sites (N-methyl/N-ethyl adjacent to an activating group) is 1. The Kier molecular flexibility index (Phi) is 5.43. The van der Waals surface area contributed by atoms with Crippen LogP contribution in [0.1, 0.15) is 11.4 Å². The van der Waals surface area contributed by atoms with Gasteiger partial charge in [0.1, 0.15) is 5.69 Å². The molecule has 1 fully saturated rings. The van der Waals surface area contributed by atoms with Crippen molar-refractivity contribution in [2.24, 2.45) is 0 Å². The second-order valence-corrected chi connectivity index (χ2v) is 8.60. The first-order chi connectivity index (χ1) is 15.9. The molecule has 9 nitrogen and oxygen atoms in total. The van der Waals surface area contributed by atoms with Crippen LogP contribution >= 0.6 is 0 Å². The van der Waals surface area contributed by atoms with Gasteiger partial charge in [-0.3, -0.25) is 15.6 Å². The summed E-state index contributed by atoms with van der Waals surface area (Å²) in [5.41, 5.74) is 11.9. The quantitative estimate of drug-likeness (QED) is 0.510. The van der Waals surface area contributed by atoms with Crippen LogP contribution in [0.5, 0.6) is 0 Å². The fraction of sp³-hybridized carbons (Fsp3) is 0.333. The van der Waals surface area contributed by atoms with Crippen molar-refractivity contribution in [2.45, 2.75) is 26.4 Å². The van der Waals surface area contributed by atoms with Gasteiger partial charge in [0.05, 0.1) is 31.4 Å². The van der Waals surface area contributed by atoms with Crippen molar-refractivity contribution in [1.82, 2.24) is 24.1 Å². The zero-order chi connectivity index (χ0) is 23.1. The fourth-order valence-electron chi connectivity index (χ4n) is 4.47. The number of rotatable bonds is 4. The van der Waals surface area contributed by atoms with E-state index in [-0.39, 0.29) is 17.7 Å². The highest BCUT2D eigenvalue weighted by molar-refractivity contribution is 5.88. The van der Waals surface area contributed by atoms with Gasteiger partial charge in [-0.1, -0.05) is 30.3 Å². The van der Waals surface area contributed by atoms with Crippen LogP contribution in [0.3, 0.4) is 0 Å². The van der Waals surface area contributed by atoms with Crippen molar-refractivity contribution in [3.8, 4) is 22.4 Å². The number of fused-ring (bicyclic) bond motifs is 1. The lowest BCUT2D eigenvalue weighted by atomic mass is 9.99. The third-order valence-corrected chi connectivity index (χ3v) is 6.15. The van der Waals surface area contributed by atoms with E-state index in [0.717, 1.165) is 40.3 Å². The standard InChI is InChI=1S/C24H27N7O2/c1-15-11-18(12-16(2)26-15)20-21(17-7-5-4-6-8-17)27-23(25)31-22(20)28-30(24(31)32)13-19-14-33-10-9-29(19)3/h4-8,11-12,19H,9-10,13-14H2,1-3H3,(H2,25,27)/p+1/t19-/m0/s1. The number of nitrogens with zero attached hydrogens (tertiary/aromatic N) is 5. The number of anilines is 1. The summed E-state index contributed by atoms with van der Waals surface area (Å²) in [4.78, 5) is 23.4. The van der Waals surface area contributed by atoms with Crippen molar-refractivity contribution in [3.05, 3.63) is 64.3 Å². The molecular weight excluding hydrogens is 418 g/mol. The summed E-state index contributed by atoms with van der Waals surface area (Å²) in [6.07, 6.45) is 0. The lowest BCUT2D eigenvalue weighted by molar-refractivity contribution is -0.351. The molecule has 0 unspecified atom stereocenters. The molecule has 1 saturated heterocycles. The third kappa shape index (κ3) is 3.90. The van der Waals surface area contributed by atoms with E-state index in [1.807, 2.05) is 63.4 Å². The van der Waals surface area contributed by atoms with Crippen LogP contribution in [0.25, 0.3) is 28.0 Å². The van der Waals surface area contributed by atoms with Crippen molar-refractivity contribution in [1.29, 1.82) is 0 Å². The summed E-state index contributed by atoms with van der Waals surface area (Å²) >= 11 is 0. The van der Waals surface area contributed by atoms with E-state index < -0.39 is 0 Å². The predicted molar refractivity (Wildman–Crippen MR) is 126 cm³/mol. The number of H-pyrrole nitrogens is 1. The van der Waals surface area contributed by atoms with Gasteiger partial charge in [0.2, 0.25) is 5.65 Å². The van der Waals surface area contributed by atoms with Crippen molar-refractivity contribution in [3.63, 3.8) is 0 Å². The molecule has 0 spiro atoms. The summed E-state index contributed by atoms with van der Waals surface area (Å²) in [5.74, 6) is 0.236. The number of benzene rings is 1. The number of morpholine rings is 1. The van der Waals surface area contributed by atoms with Gasteiger partial charge in [0.15, 0.2) is 0 Å². The normalized spacial score (nSPS) is 17.0. The molecule has 1 aliphatic heterocycles.